The largest absolute Gasteiger partial charge is 0.454 e. The Morgan fingerprint density at radius 2 is 2.16 bits per heavy atom. The molecule has 19 heavy (non-hydrogen) atoms. The van der Waals surface area contributed by atoms with E-state index in [4.69, 9.17) is 14.7 Å². The van der Waals surface area contributed by atoms with E-state index in [1.54, 1.807) is 23.1 Å². The van der Waals surface area contributed by atoms with Gasteiger partial charge in [0.05, 0.1) is 12.5 Å². The van der Waals surface area contributed by atoms with Crippen LogP contribution in [0.25, 0.3) is 0 Å². The molecule has 0 radical (unpaired) electrons. The highest BCUT2D eigenvalue weighted by Gasteiger charge is 2.33. The Morgan fingerprint density at radius 1 is 1.37 bits per heavy atom. The van der Waals surface area contributed by atoms with Gasteiger partial charge in [0, 0.05) is 18.2 Å². The minimum absolute atomic E-state index is 0.0314. The topological polar surface area (TPSA) is 62.6 Å². The molecule has 2 aliphatic rings. The maximum atomic E-state index is 12.5. The number of hydrogen-bond acceptors (Lipinski definition) is 4. The lowest BCUT2D eigenvalue weighted by atomic mass is 10.1. The normalized spacial score (nSPS) is 15.9. The van der Waals surface area contributed by atoms with Crippen molar-refractivity contribution in [3.63, 3.8) is 0 Å². The van der Waals surface area contributed by atoms with Crippen LogP contribution in [0.5, 0.6) is 11.5 Å². The van der Waals surface area contributed by atoms with Gasteiger partial charge < -0.3 is 14.4 Å². The van der Waals surface area contributed by atoms with E-state index in [1.807, 2.05) is 0 Å². The summed E-state index contributed by atoms with van der Waals surface area (Å²) in [6.45, 7) is 0.697. The van der Waals surface area contributed by atoms with Crippen LogP contribution in [0.3, 0.4) is 0 Å². The molecule has 3 rings (SSSR count). The number of fused-ring (bicyclic) bond motifs is 1. The summed E-state index contributed by atoms with van der Waals surface area (Å²) in [6, 6.07) is 7.60. The second-order valence-electron chi connectivity index (χ2n) is 4.71. The lowest BCUT2D eigenvalue weighted by Crippen LogP contribution is -2.33. The minimum Gasteiger partial charge on any atom is -0.454 e. The molecule has 0 atom stereocenters. The predicted molar refractivity (Wildman–Crippen MR) is 66.9 cm³/mol. The highest BCUT2D eigenvalue weighted by atomic mass is 16.7. The molecule has 1 saturated carbocycles. The first-order valence-electron chi connectivity index (χ1n) is 6.37. The number of hydrogen-bond donors (Lipinski definition) is 0. The zero-order valence-corrected chi connectivity index (χ0v) is 10.5. The van der Waals surface area contributed by atoms with Gasteiger partial charge in [0.1, 0.15) is 0 Å². The summed E-state index contributed by atoms with van der Waals surface area (Å²) in [4.78, 5) is 14.2. The van der Waals surface area contributed by atoms with Crippen LogP contribution >= 0.6 is 0 Å². The number of benzene rings is 1. The quantitative estimate of drug-likeness (QED) is 0.827. The molecule has 1 amide bonds. The number of ether oxygens (including phenoxy) is 2. The van der Waals surface area contributed by atoms with Crippen molar-refractivity contribution >= 4 is 5.91 Å². The number of amides is 1. The van der Waals surface area contributed by atoms with Gasteiger partial charge in [-0.15, -0.1) is 0 Å². The smallest absolute Gasteiger partial charge is 0.254 e. The SMILES string of the molecule is N#CCCN(C(=O)c1ccc2c(c1)OCO2)C1CC1. The average Bonchev–Trinajstić information content (AvgIpc) is 3.15. The predicted octanol–water partition coefficient (Wildman–Crippen LogP) is 1.93. The molecule has 1 aliphatic heterocycles. The van der Waals surface area contributed by atoms with E-state index >= 15 is 0 Å². The first-order valence-corrected chi connectivity index (χ1v) is 6.37. The van der Waals surface area contributed by atoms with Crippen molar-refractivity contribution in [1.29, 1.82) is 5.26 Å². The van der Waals surface area contributed by atoms with Crippen LogP contribution in [0.4, 0.5) is 0 Å². The molecule has 0 unspecified atom stereocenters. The first-order chi connectivity index (χ1) is 9.29. The molecule has 98 valence electrons. The number of rotatable bonds is 4. The van der Waals surface area contributed by atoms with Crippen LogP contribution in [0, 0.1) is 11.3 Å². The van der Waals surface area contributed by atoms with Crippen molar-refractivity contribution in [2.45, 2.75) is 25.3 Å². The molecule has 5 heteroatoms. The number of carbonyl (C=O) groups is 1. The summed E-state index contributed by atoms with van der Waals surface area (Å²) in [6.07, 6.45) is 2.43. The van der Waals surface area contributed by atoms with Crippen LogP contribution in [-0.2, 0) is 0 Å². The monoisotopic (exact) mass is 258 g/mol. The molecule has 1 fully saturated rings. The molecule has 1 aromatic carbocycles. The van der Waals surface area contributed by atoms with Crippen molar-refractivity contribution in [3.05, 3.63) is 23.8 Å². The Labute approximate surface area is 111 Å². The summed E-state index contributed by atoms with van der Waals surface area (Å²) in [5.74, 6) is 1.25. The Morgan fingerprint density at radius 3 is 2.89 bits per heavy atom. The van der Waals surface area contributed by atoms with Crippen LogP contribution < -0.4 is 9.47 Å². The van der Waals surface area contributed by atoms with E-state index in [0.29, 0.717) is 36.1 Å². The summed E-state index contributed by atoms with van der Waals surface area (Å²) < 4.78 is 10.5. The van der Waals surface area contributed by atoms with E-state index in [9.17, 15) is 4.79 Å². The summed E-state index contributed by atoms with van der Waals surface area (Å²) >= 11 is 0. The molecule has 0 bridgehead atoms. The molecular formula is C14H14N2O3. The van der Waals surface area contributed by atoms with Gasteiger partial charge in [-0.25, -0.2) is 0 Å². The van der Waals surface area contributed by atoms with Gasteiger partial charge in [-0.1, -0.05) is 0 Å². The average molecular weight is 258 g/mol. The zero-order valence-electron chi connectivity index (χ0n) is 10.5. The van der Waals surface area contributed by atoms with Gasteiger partial charge in [0.2, 0.25) is 6.79 Å². The Balaban J connectivity index is 1.79. The lowest BCUT2D eigenvalue weighted by Gasteiger charge is -2.21. The van der Waals surface area contributed by atoms with Crippen LogP contribution in [-0.4, -0.2) is 30.2 Å². The van der Waals surface area contributed by atoms with Crippen molar-refractivity contribution in [3.8, 4) is 17.6 Å². The lowest BCUT2D eigenvalue weighted by molar-refractivity contribution is 0.0746. The van der Waals surface area contributed by atoms with E-state index in [1.165, 1.54) is 0 Å². The van der Waals surface area contributed by atoms with E-state index in [-0.39, 0.29) is 12.7 Å². The molecule has 5 nitrogen and oxygen atoms in total. The molecule has 1 aromatic rings. The second-order valence-corrected chi connectivity index (χ2v) is 4.71. The molecular weight excluding hydrogens is 244 g/mol. The second kappa shape index (κ2) is 4.81. The Hall–Kier alpha value is -2.22. The third-order valence-corrected chi connectivity index (χ3v) is 3.33. The number of nitriles is 1. The van der Waals surface area contributed by atoms with E-state index in [2.05, 4.69) is 6.07 Å². The fourth-order valence-electron chi connectivity index (χ4n) is 2.20. The fourth-order valence-corrected chi connectivity index (χ4v) is 2.20. The standard InChI is InChI=1S/C14H14N2O3/c15-6-1-7-16(11-3-4-11)14(17)10-2-5-12-13(8-10)19-9-18-12/h2,5,8,11H,1,3-4,7,9H2. The third-order valence-electron chi connectivity index (χ3n) is 3.33. The first kappa shape index (κ1) is 11.8. The Kier molecular flexibility index (Phi) is 3.00. The van der Waals surface area contributed by atoms with Crippen molar-refractivity contribution in [1.82, 2.24) is 4.90 Å². The highest BCUT2D eigenvalue weighted by Crippen LogP contribution is 2.34. The maximum absolute atomic E-state index is 12.5. The van der Waals surface area contributed by atoms with Gasteiger partial charge in [0.25, 0.3) is 5.91 Å². The van der Waals surface area contributed by atoms with Crippen molar-refractivity contribution < 1.29 is 14.3 Å². The highest BCUT2D eigenvalue weighted by molar-refractivity contribution is 5.95. The molecule has 1 heterocycles. The summed E-state index contributed by atoms with van der Waals surface area (Å²) in [7, 11) is 0. The molecule has 0 N–H and O–H groups in total. The van der Waals surface area contributed by atoms with Gasteiger partial charge in [-0.05, 0) is 31.0 Å². The third kappa shape index (κ3) is 2.34. The van der Waals surface area contributed by atoms with Crippen molar-refractivity contribution in [2.75, 3.05) is 13.3 Å². The van der Waals surface area contributed by atoms with Gasteiger partial charge >= 0.3 is 0 Å². The number of nitrogens with zero attached hydrogens (tertiary/aromatic N) is 2. The fraction of sp³-hybridized carbons (Fsp3) is 0.429. The van der Waals surface area contributed by atoms with Crippen LogP contribution in [0.15, 0.2) is 18.2 Å². The van der Waals surface area contributed by atoms with Gasteiger partial charge in [-0.2, -0.15) is 5.26 Å². The maximum Gasteiger partial charge on any atom is 0.254 e. The van der Waals surface area contributed by atoms with Gasteiger partial charge in [0.15, 0.2) is 11.5 Å². The minimum atomic E-state index is -0.0314. The zero-order chi connectivity index (χ0) is 13.2. The van der Waals surface area contributed by atoms with E-state index in [0.717, 1.165) is 12.8 Å². The van der Waals surface area contributed by atoms with Gasteiger partial charge in [-0.3, -0.25) is 4.79 Å². The summed E-state index contributed by atoms with van der Waals surface area (Å²) in [5.41, 5.74) is 0.592. The molecule has 0 spiro atoms. The van der Waals surface area contributed by atoms with E-state index < -0.39 is 0 Å². The van der Waals surface area contributed by atoms with Crippen LogP contribution in [0.2, 0.25) is 0 Å². The van der Waals surface area contributed by atoms with Crippen LogP contribution in [0.1, 0.15) is 29.6 Å². The van der Waals surface area contributed by atoms with Crippen molar-refractivity contribution in [2.24, 2.45) is 0 Å². The molecule has 1 aliphatic carbocycles. The molecule has 0 aromatic heterocycles. The molecule has 0 saturated heterocycles. The summed E-state index contributed by atoms with van der Waals surface area (Å²) in [5, 5.41) is 8.67. The number of carbonyl (C=O) groups excluding carboxylic acids is 1. The Bertz CT molecular complexity index is 546.